The summed E-state index contributed by atoms with van der Waals surface area (Å²) in [5.41, 5.74) is 0. The van der Waals surface area contributed by atoms with E-state index < -0.39 is 74.2 Å². The molecule has 0 aromatic heterocycles. The van der Waals surface area contributed by atoms with E-state index >= 15 is 0 Å². The molecule has 11 heteroatoms. The van der Waals surface area contributed by atoms with Crippen molar-refractivity contribution in [3.05, 3.63) is 24.3 Å². The summed E-state index contributed by atoms with van der Waals surface area (Å²) in [7, 11) is 0. The molecule has 0 spiro atoms. The van der Waals surface area contributed by atoms with Gasteiger partial charge in [0.25, 0.3) is 0 Å². The van der Waals surface area contributed by atoms with Gasteiger partial charge in [-0.3, -0.25) is 4.79 Å². The maximum atomic E-state index is 12.9. The number of carbonyl (C=O) groups is 1. The average Bonchev–Trinajstić information content (AvgIpc) is 3.05. The molecule has 9 unspecified atom stereocenters. The molecule has 1 saturated heterocycles. The second-order valence-electron chi connectivity index (χ2n) is 12.6. The maximum Gasteiger partial charge on any atom is 0.249 e. The first-order chi connectivity index (χ1) is 22.2. The molecule has 1 aliphatic heterocycles. The molecular formula is C35H65NO10. The Hall–Kier alpha value is -1.41. The minimum absolute atomic E-state index is 0.244. The number of nitrogens with one attached hydrogen (secondary N) is 1. The molecule has 0 aromatic rings. The highest BCUT2D eigenvalue weighted by Crippen LogP contribution is 2.23. The molecule has 1 amide bonds. The van der Waals surface area contributed by atoms with Gasteiger partial charge < -0.3 is 50.5 Å². The Kier molecular flexibility index (Phi) is 24.6. The van der Waals surface area contributed by atoms with Crippen LogP contribution in [0.1, 0.15) is 123 Å². The van der Waals surface area contributed by atoms with Crippen molar-refractivity contribution >= 4 is 5.91 Å². The SMILES string of the molecule is C/C=C/CC/C=C/CCCC(O)C(O)C(COC1OC(CO)C(O)C(O)C1O)NC(=O)C(O)CCCCCCCCCCCCC. The highest BCUT2D eigenvalue weighted by atomic mass is 16.7. The maximum absolute atomic E-state index is 12.9. The van der Waals surface area contributed by atoms with Crippen molar-refractivity contribution in [2.45, 2.75) is 178 Å². The normalized spacial score (nSPS) is 24.8. The molecule has 0 aliphatic carbocycles. The van der Waals surface area contributed by atoms with Gasteiger partial charge in [-0.25, -0.2) is 0 Å². The predicted octanol–water partition coefficient (Wildman–Crippen LogP) is 3.15. The number of hydrogen-bond donors (Lipinski definition) is 8. The first-order valence-electron chi connectivity index (χ1n) is 17.7. The molecule has 8 N–H and O–H groups in total. The topological polar surface area (TPSA) is 189 Å². The van der Waals surface area contributed by atoms with Crippen molar-refractivity contribution in [1.82, 2.24) is 5.32 Å². The molecule has 11 nitrogen and oxygen atoms in total. The van der Waals surface area contributed by atoms with Crippen molar-refractivity contribution in [1.29, 1.82) is 0 Å². The number of carbonyl (C=O) groups excluding carboxylic acids is 1. The van der Waals surface area contributed by atoms with Gasteiger partial charge >= 0.3 is 0 Å². The van der Waals surface area contributed by atoms with Crippen molar-refractivity contribution in [3.63, 3.8) is 0 Å². The Bertz CT molecular complexity index is 810. The summed E-state index contributed by atoms with van der Waals surface area (Å²) in [4.78, 5) is 12.9. The number of aliphatic hydroxyl groups excluding tert-OH is 7. The lowest BCUT2D eigenvalue weighted by Gasteiger charge is -2.40. The molecule has 1 heterocycles. The van der Waals surface area contributed by atoms with Crippen LogP contribution >= 0.6 is 0 Å². The van der Waals surface area contributed by atoms with E-state index in [-0.39, 0.29) is 12.8 Å². The fourth-order valence-electron chi connectivity index (χ4n) is 5.52. The second-order valence-corrected chi connectivity index (χ2v) is 12.6. The van der Waals surface area contributed by atoms with Gasteiger partial charge in [-0.05, 0) is 45.4 Å². The molecule has 46 heavy (non-hydrogen) atoms. The van der Waals surface area contributed by atoms with Crippen LogP contribution in [0, 0.1) is 0 Å². The van der Waals surface area contributed by atoms with E-state index in [0.717, 1.165) is 32.1 Å². The van der Waals surface area contributed by atoms with Crippen LogP contribution in [0.25, 0.3) is 0 Å². The molecule has 0 aromatic carbocycles. The number of aliphatic hydroxyl groups is 7. The summed E-state index contributed by atoms with van der Waals surface area (Å²) in [5, 5.41) is 74.7. The summed E-state index contributed by atoms with van der Waals surface area (Å²) in [6.45, 7) is 3.11. The average molecular weight is 660 g/mol. The quantitative estimate of drug-likeness (QED) is 0.0481. The van der Waals surface area contributed by atoms with Crippen LogP contribution in [0.5, 0.6) is 0 Å². The highest BCUT2D eigenvalue weighted by Gasteiger charge is 2.44. The number of rotatable bonds is 27. The van der Waals surface area contributed by atoms with Crippen molar-refractivity contribution < 1.29 is 50.0 Å². The van der Waals surface area contributed by atoms with E-state index in [1.807, 2.05) is 19.1 Å². The monoisotopic (exact) mass is 659 g/mol. The van der Waals surface area contributed by atoms with E-state index in [1.54, 1.807) is 0 Å². The van der Waals surface area contributed by atoms with Gasteiger partial charge in [0.05, 0.1) is 25.4 Å². The third-order valence-corrected chi connectivity index (χ3v) is 8.58. The first kappa shape index (κ1) is 42.6. The van der Waals surface area contributed by atoms with Gasteiger partial charge in [0.2, 0.25) is 5.91 Å². The van der Waals surface area contributed by atoms with Crippen molar-refractivity contribution in [2.24, 2.45) is 0 Å². The Morgan fingerprint density at radius 1 is 0.783 bits per heavy atom. The minimum atomic E-state index is -1.66. The molecule has 270 valence electrons. The van der Waals surface area contributed by atoms with Crippen LogP contribution in [0.15, 0.2) is 24.3 Å². The summed E-state index contributed by atoms with van der Waals surface area (Å²) in [6.07, 6.45) is 12.9. The lowest BCUT2D eigenvalue weighted by molar-refractivity contribution is -0.303. The van der Waals surface area contributed by atoms with Crippen LogP contribution in [0.4, 0.5) is 0 Å². The zero-order valence-corrected chi connectivity index (χ0v) is 28.3. The molecule has 9 atom stereocenters. The summed E-state index contributed by atoms with van der Waals surface area (Å²) >= 11 is 0. The number of allylic oxidation sites excluding steroid dienone is 4. The third-order valence-electron chi connectivity index (χ3n) is 8.58. The van der Waals surface area contributed by atoms with E-state index in [1.165, 1.54) is 44.9 Å². The molecule has 0 bridgehead atoms. The molecular weight excluding hydrogens is 594 g/mol. The van der Waals surface area contributed by atoms with Gasteiger partial charge in [-0.2, -0.15) is 0 Å². The first-order valence-corrected chi connectivity index (χ1v) is 17.7. The van der Waals surface area contributed by atoms with Crippen LogP contribution in [-0.4, -0.2) is 110 Å². The Balaban J connectivity index is 2.63. The van der Waals surface area contributed by atoms with Crippen LogP contribution in [-0.2, 0) is 14.3 Å². The summed E-state index contributed by atoms with van der Waals surface area (Å²) in [6, 6.07) is -1.18. The summed E-state index contributed by atoms with van der Waals surface area (Å²) in [5.74, 6) is -0.718. The number of unbranched alkanes of at least 4 members (excludes halogenated alkanes) is 12. The third kappa shape index (κ3) is 17.7. The number of ether oxygens (including phenoxy) is 2. The molecule has 0 radical (unpaired) electrons. The Morgan fingerprint density at radius 3 is 1.98 bits per heavy atom. The zero-order chi connectivity index (χ0) is 34.2. The second kappa shape index (κ2) is 26.5. The van der Waals surface area contributed by atoms with E-state index in [9.17, 15) is 40.5 Å². The fraction of sp³-hybridized carbons (Fsp3) is 0.857. The molecule has 1 rings (SSSR count). The standard InChI is InChI=1S/C35H65NO10/c1-3-5-7-9-11-13-14-15-17-19-21-23-28(39)34(44)36-26(25-45-35-33(43)32(42)31(41)29(24-37)46-35)30(40)27(38)22-20-18-16-12-10-8-6-4-2/h4,6,12,16,26-33,35,37-43H,3,5,7-11,13-15,17-25H2,1-2H3,(H,36,44)/b6-4+,16-12+. The van der Waals surface area contributed by atoms with E-state index in [0.29, 0.717) is 19.3 Å². The number of amides is 1. The number of hydrogen-bond acceptors (Lipinski definition) is 10. The minimum Gasteiger partial charge on any atom is -0.394 e. The highest BCUT2D eigenvalue weighted by molar-refractivity contribution is 5.80. The van der Waals surface area contributed by atoms with E-state index in [2.05, 4.69) is 24.4 Å². The smallest absolute Gasteiger partial charge is 0.249 e. The fourth-order valence-corrected chi connectivity index (χ4v) is 5.52. The Morgan fingerprint density at radius 2 is 1.37 bits per heavy atom. The van der Waals surface area contributed by atoms with Gasteiger partial charge in [0, 0.05) is 0 Å². The van der Waals surface area contributed by atoms with Crippen LogP contribution < -0.4 is 5.32 Å². The van der Waals surface area contributed by atoms with Crippen molar-refractivity contribution in [3.8, 4) is 0 Å². The lowest BCUT2D eigenvalue weighted by Crippen LogP contribution is -2.60. The Labute approximate surface area is 276 Å². The van der Waals surface area contributed by atoms with Gasteiger partial charge in [0.15, 0.2) is 6.29 Å². The molecule has 1 aliphatic rings. The van der Waals surface area contributed by atoms with Crippen LogP contribution in [0.3, 0.4) is 0 Å². The summed E-state index contributed by atoms with van der Waals surface area (Å²) < 4.78 is 11.0. The van der Waals surface area contributed by atoms with Gasteiger partial charge in [-0.1, -0.05) is 102 Å². The van der Waals surface area contributed by atoms with E-state index in [4.69, 9.17) is 9.47 Å². The molecule has 0 saturated carbocycles. The van der Waals surface area contributed by atoms with Gasteiger partial charge in [0.1, 0.15) is 36.6 Å². The predicted molar refractivity (Wildman–Crippen MR) is 178 cm³/mol. The zero-order valence-electron chi connectivity index (χ0n) is 28.3. The lowest BCUT2D eigenvalue weighted by atomic mass is 9.98. The van der Waals surface area contributed by atoms with Crippen molar-refractivity contribution in [2.75, 3.05) is 13.2 Å². The van der Waals surface area contributed by atoms with Gasteiger partial charge in [-0.15, -0.1) is 0 Å². The molecule has 1 fully saturated rings. The largest absolute Gasteiger partial charge is 0.394 e. The van der Waals surface area contributed by atoms with Crippen LogP contribution in [0.2, 0.25) is 0 Å².